The number of para-hydroxylation sites is 2. The van der Waals surface area contributed by atoms with Crippen LogP contribution < -0.4 is 11.0 Å². The number of aromatic nitrogens is 2. The zero-order valence-corrected chi connectivity index (χ0v) is 17.0. The molecule has 0 bridgehead atoms. The van der Waals surface area contributed by atoms with E-state index in [1.807, 2.05) is 53.4 Å². The van der Waals surface area contributed by atoms with Gasteiger partial charge in [-0.2, -0.15) is 0 Å². The number of hydrogen-bond donors (Lipinski definition) is 1. The summed E-state index contributed by atoms with van der Waals surface area (Å²) in [5.74, 6) is -0.0835. The maximum Gasteiger partial charge on any atom is 0.329 e. The van der Waals surface area contributed by atoms with Crippen molar-refractivity contribution in [1.82, 2.24) is 19.4 Å². The number of benzene rings is 2. The van der Waals surface area contributed by atoms with Gasteiger partial charge in [0.15, 0.2) is 0 Å². The second kappa shape index (κ2) is 8.39. The van der Waals surface area contributed by atoms with E-state index in [1.54, 1.807) is 16.2 Å². The largest absolute Gasteiger partial charge is 0.331 e. The molecule has 1 atom stereocenters. The second-order valence-electron chi connectivity index (χ2n) is 6.75. The zero-order chi connectivity index (χ0) is 19.0. The monoisotopic (exact) mass is 420 g/mol. The summed E-state index contributed by atoms with van der Waals surface area (Å²) < 4.78 is 3.12. The Morgan fingerprint density at radius 2 is 1.82 bits per heavy atom. The molecule has 2 aromatic carbocycles. The summed E-state index contributed by atoms with van der Waals surface area (Å²) >= 11 is 6.37. The number of rotatable bonds is 3. The minimum Gasteiger partial charge on any atom is -0.331 e. The predicted octanol–water partition coefficient (Wildman–Crippen LogP) is 2.59. The smallest absolute Gasteiger partial charge is 0.329 e. The molecule has 1 amide bonds. The highest BCUT2D eigenvalue weighted by atomic mass is 35.5. The number of amides is 1. The first-order valence-corrected chi connectivity index (χ1v) is 9.34. The number of fused-ring (bicyclic) bond motifs is 1. The lowest BCUT2D eigenvalue weighted by Gasteiger charge is -2.37. The molecule has 1 unspecified atom stereocenters. The van der Waals surface area contributed by atoms with Crippen LogP contribution in [0.15, 0.2) is 53.3 Å². The van der Waals surface area contributed by atoms with Crippen LogP contribution in [0, 0.1) is 0 Å². The summed E-state index contributed by atoms with van der Waals surface area (Å²) in [6.07, 6.45) is 0. The van der Waals surface area contributed by atoms with Crippen molar-refractivity contribution in [2.75, 3.05) is 19.6 Å². The van der Waals surface area contributed by atoms with Crippen LogP contribution in [0.1, 0.15) is 11.6 Å². The van der Waals surface area contributed by atoms with Crippen molar-refractivity contribution in [1.29, 1.82) is 0 Å². The van der Waals surface area contributed by atoms with Crippen molar-refractivity contribution < 1.29 is 4.79 Å². The van der Waals surface area contributed by atoms with Gasteiger partial charge in [0.1, 0.15) is 6.54 Å². The number of halogens is 2. The van der Waals surface area contributed by atoms with E-state index >= 15 is 0 Å². The van der Waals surface area contributed by atoms with Crippen molar-refractivity contribution >= 4 is 40.9 Å². The topological polar surface area (TPSA) is 59.3 Å². The van der Waals surface area contributed by atoms with E-state index in [2.05, 4.69) is 5.32 Å². The van der Waals surface area contributed by atoms with Crippen molar-refractivity contribution in [2.45, 2.75) is 12.6 Å². The quantitative estimate of drug-likeness (QED) is 0.708. The van der Waals surface area contributed by atoms with Gasteiger partial charge in [0.05, 0.1) is 17.1 Å². The van der Waals surface area contributed by atoms with Crippen LogP contribution in [0.4, 0.5) is 0 Å². The van der Waals surface area contributed by atoms with Crippen molar-refractivity contribution in [3.63, 3.8) is 0 Å². The summed E-state index contributed by atoms with van der Waals surface area (Å²) in [5.41, 5.74) is 2.32. The van der Waals surface area contributed by atoms with E-state index < -0.39 is 0 Å². The Bertz CT molecular complexity index is 1060. The predicted molar refractivity (Wildman–Crippen MR) is 113 cm³/mol. The fourth-order valence-corrected chi connectivity index (χ4v) is 4.03. The molecule has 1 N–H and O–H groups in total. The Balaban J connectivity index is 0.00000225. The molecule has 0 aliphatic carbocycles. The number of aryl methyl sites for hydroxylation is 1. The molecule has 3 aromatic rings. The third-order valence-corrected chi connectivity index (χ3v) is 5.52. The van der Waals surface area contributed by atoms with Crippen LogP contribution in [0.5, 0.6) is 0 Å². The Morgan fingerprint density at radius 3 is 2.57 bits per heavy atom. The van der Waals surface area contributed by atoms with Gasteiger partial charge in [0, 0.05) is 31.7 Å². The van der Waals surface area contributed by atoms with Crippen molar-refractivity contribution in [2.24, 2.45) is 7.05 Å². The lowest BCUT2D eigenvalue weighted by molar-refractivity contribution is -0.135. The molecule has 1 saturated heterocycles. The van der Waals surface area contributed by atoms with Gasteiger partial charge in [-0.15, -0.1) is 12.4 Å². The molecule has 0 spiro atoms. The first-order chi connectivity index (χ1) is 13.1. The summed E-state index contributed by atoms with van der Waals surface area (Å²) in [7, 11) is 1.73. The third-order valence-electron chi connectivity index (χ3n) is 5.17. The van der Waals surface area contributed by atoms with Crippen LogP contribution >= 0.6 is 24.0 Å². The van der Waals surface area contributed by atoms with Gasteiger partial charge in [-0.3, -0.25) is 13.9 Å². The summed E-state index contributed by atoms with van der Waals surface area (Å²) in [6, 6.07) is 15.0. The minimum absolute atomic E-state index is 0. The highest BCUT2D eigenvalue weighted by Crippen LogP contribution is 2.28. The molecule has 1 aliphatic rings. The highest BCUT2D eigenvalue weighted by Gasteiger charge is 2.29. The number of piperazine rings is 1. The average molecular weight is 421 g/mol. The molecule has 28 heavy (non-hydrogen) atoms. The lowest BCUT2D eigenvalue weighted by atomic mass is 10.0. The van der Waals surface area contributed by atoms with E-state index in [-0.39, 0.29) is 36.6 Å². The molecule has 4 rings (SSSR count). The summed E-state index contributed by atoms with van der Waals surface area (Å²) in [6.45, 7) is 1.95. The third kappa shape index (κ3) is 3.55. The summed E-state index contributed by atoms with van der Waals surface area (Å²) in [4.78, 5) is 27.6. The van der Waals surface area contributed by atoms with Gasteiger partial charge >= 0.3 is 5.69 Å². The average Bonchev–Trinajstić information content (AvgIpc) is 2.93. The number of hydrogen-bond acceptors (Lipinski definition) is 3. The molecule has 6 nitrogen and oxygen atoms in total. The fourth-order valence-electron chi connectivity index (χ4n) is 3.77. The first kappa shape index (κ1) is 20.5. The van der Waals surface area contributed by atoms with Gasteiger partial charge in [-0.05, 0) is 23.8 Å². The molecule has 0 saturated carbocycles. The molecule has 2 heterocycles. The van der Waals surface area contributed by atoms with Gasteiger partial charge < -0.3 is 10.2 Å². The number of carbonyl (C=O) groups excluding carboxylic acids is 1. The van der Waals surface area contributed by atoms with Crippen LogP contribution in [0.25, 0.3) is 11.0 Å². The molecule has 1 aromatic heterocycles. The van der Waals surface area contributed by atoms with E-state index in [9.17, 15) is 9.59 Å². The van der Waals surface area contributed by atoms with Crippen LogP contribution in [-0.2, 0) is 18.4 Å². The van der Waals surface area contributed by atoms with Gasteiger partial charge in [0.2, 0.25) is 5.91 Å². The normalized spacial score (nSPS) is 16.8. The molecular weight excluding hydrogens is 399 g/mol. The Hall–Kier alpha value is -2.28. The van der Waals surface area contributed by atoms with Crippen LogP contribution in [0.3, 0.4) is 0 Å². The van der Waals surface area contributed by atoms with Crippen molar-refractivity contribution in [3.8, 4) is 0 Å². The van der Waals surface area contributed by atoms with Gasteiger partial charge in [-0.25, -0.2) is 4.79 Å². The molecular formula is C20H22Cl2N4O2. The van der Waals surface area contributed by atoms with Crippen LogP contribution in [-0.4, -0.2) is 39.6 Å². The Morgan fingerprint density at radius 1 is 1.14 bits per heavy atom. The van der Waals surface area contributed by atoms with Crippen LogP contribution in [0.2, 0.25) is 5.02 Å². The number of nitrogens with one attached hydrogen (secondary N) is 1. The highest BCUT2D eigenvalue weighted by molar-refractivity contribution is 6.31. The standard InChI is InChI=1S/C20H21ClN4O2.ClH/c1-23-16-8-4-5-9-17(16)25(20(23)27)13-19(26)24-11-10-22-12-18(24)14-6-2-3-7-15(14)21;/h2-9,18,22H,10-13H2,1H3;1H. The molecule has 1 aliphatic heterocycles. The van der Waals surface area contributed by atoms with E-state index in [0.717, 1.165) is 23.1 Å². The van der Waals surface area contributed by atoms with Gasteiger partial charge in [0.25, 0.3) is 0 Å². The minimum atomic E-state index is -0.186. The maximum atomic E-state index is 13.2. The molecule has 0 radical (unpaired) electrons. The number of nitrogens with zero attached hydrogens (tertiary/aromatic N) is 3. The second-order valence-corrected chi connectivity index (χ2v) is 7.15. The Labute approximate surface area is 174 Å². The summed E-state index contributed by atoms with van der Waals surface area (Å²) in [5, 5.41) is 3.97. The van der Waals surface area contributed by atoms with E-state index in [4.69, 9.17) is 11.6 Å². The lowest BCUT2D eigenvalue weighted by Crippen LogP contribution is -2.50. The first-order valence-electron chi connectivity index (χ1n) is 8.97. The maximum absolute atomic E-state index is 13.2. The molecule has 148 valence electrons. The van der Waals surface area contributed by atoms with E-state index in [0.29, 0.717) is 18.1 Å². The number of imidazole rings is 1. The fraction of sp³-hybridized carbons (Fsp3) is 0.300. The molecule has 8 heteroatoms. The van der Waals surface area contributed by atoms with Gasteiger partial charge in [-0.1, -0.05) is 41.9 Å². The zero-order valence-electron chi connectivity index (χ0n) is 15.5. The SMILES string of the molecule is Cl.Cn1c(=O)n(CC(=O)N2CCNCC2c2ccccc2Cl)c2ccccc21. The molecule has 1 fully saturated rings. The van der Waals surface area contributed by atoms with Crippen molar-refractivity contribution in [3.05, 3.63) is 69.6 Å². The number of carbonyl (C=O) groups is 1. The van der Waals surface area contributed by atoms with E-state index in [1.165, 1.54) is 0 Å². The Kier molecular flexibility index (Phi) is 6.13.